The molecule has 0 saturated heterocycles. The highest BCUT2D eigenvalue weighted by molar-refractivity contribution is 6.18. The molecule has 0 aliphatic rings. The molecule has 0 unspecified atom stereocenters. The quantitative estimate of drug-likeness (QED) is 0.206. The molecule has 6 aromatic carbocycles. The zero-order valence-corrected chi connectivity index (χ0v) is 24.5. The van der Waals surface area contributed by atoms with Crippen LogP contribution in [0.3, 0.4) is 0 Å². The van der Waals surface area contributed by atoms with Crippen molar-refractivity contribution >= 4 is 54.6 Å². The third kappa shape index (κ3) is 3.58. The van der Waals surface area contributed by atoms with Crippen molar-refractivity contribution in [2.45, 2.75) is 0 Å². The second kappa shape index (κ2) is 9.55. The Morgan fingerprint density at radius 3 is 1.70 bits per heavy atom. The molecule has 10 aromatic rings. The fourth-order valence-electron chi connectivity index (χ4n) is 6.93. The number of hydrogen-bond donors (Lipinski definition) is 0. The van der Waals surface area contributed by atoms with Gasteiger partial charge < -0.3 is 4.40 Å². The topological polar surface area (TPSA) is 60.4 Å². The third-order valence-corrected chi connectivity index (χ3v) is 8.99. The average Bonchev–Trinajstić information content (AvgIpc) is 3.71. The van der Waals surface area contributed by atoms with Crippen LogP contribution in [0.5, 0.6) is 0 Å². The summed E-state index contributed by atoms with van der Waals surface area (Å²) in [5, 5.41) is 4.65. The molecule has 0 radical (unpaired) electrons. The van der Waals surface area contributed by atoms with Crippen molar-refractivity contribution < 1.29 is 0 Å². The van der Waals surface area contributed by atoms with Crippen LogP contribution in [0.2, 0.25) is 0 Å². The van der Waals surface area contributed by atoms with Crippen LogP contribution in [0, 0.1) is 0 Å². The number of para-hydroxylation sites is 3. The second-order valence-corrected chi connectivity index (χ2v) is 11.6. The van der Waals surface area contributed by atoms with E-state index in [0.29, 0.717) is 17.5 Å². The molecule has 6 nitrogen and oxygen atoms in total. The lowest BCUT2D eigenvalue weighted by Crippen LogP contribution is -2.00. The fraction of sp³-hybridized carbons (Fsp3) is 0. The highest BCUT2D eigenvalue weighted by atomic mass is 15.0. The monoisotopic (exact) mass is 588 g/mol. The Labute approximate surface area is 262 Å². The highest BCUT2D eigenvalue weighted by Crippen LogP contribution is 2.38. The van der Waals surface area contributed by atoms with Crippen molar-refractivity contribution in [3.8, 4) is 34.2 Å². The lowest BCUT2D eigenvalue weighted by molar-refractivity contribution is 1.07. The Morgan fingerprint density at radius 1 is 0.391 bits per heavy atom. The van der Waals surface area contributed by atoms with Crippen LogP contribution in [-0.4, -0.2) is 28.7 Å². The molecule has 6 heteroatoms. The van der Waals surface area contributed by atoms with Crippen molar-refractivity contribution in [1.82, 2.24) is 28.7 Å². The summed E-state index contributed by atoms with van der Waals surface area (Å²) in [5.74, 6) is 1.91. The van der Waals surface area contributed by atoms with Crippen molar-refractivity contribution in [3.63, 3.8) is 0 Å². The first-order valence-electron chi connectivity index (χ1n) is 15.3. The van der Waals surface area contributed by atoms with E-state index < -0.39 is 0 Å². The molecule has 10 rings (SSSR count). The van der Waals surface area contributed by atoms with E-state index in [4.69, 9.17) is 19.9 Å². The molecule has 4 aromatic heterocycles. The van der Waals surface area contributed by atoms with Crippen LogP contribution in [0.4, 0.5) is 0 Å². The molecular formula is C40H24N6. The maximum absolute atomic E-state index is 5.05. The Morgan fingerprint density at radius 2 is 0.957 bits per heavy atom. The lowest BCUT2D eigenvalue weighted by atomic mass is 10.1. The predicted octanol–water partition coefficient (Wildman–Crippen LogP) is 9.39. The minimum atomic E-state index is 0.627. The van der Waals surface area contributed by atoms with E-state index in [9.17, 15) is 0 Å². The van der Waals surface area contributed by atoms with Gasteiger partial charge >= 0.3 is 0 Å². The first kappa shape index (κ1) is 25.0. The van der Waals surface area contributed by atoms with E-state index >= 15 is 0 Å². The lowest BCUT2D eigenvalue weighted by Gasteiger charge is -2.12. The summed E-state index contributed by atoms with van der Waals surface area (Å²) in [4.78, 5) is 19.9. The zero-order chi connectivity index (χ0) is 30.2. The summed E-state index contributed by atoms with van der Waals surface area (Å²) in [5.41, 5.74) is 9.32. The van der Waals surface area contributed by atoms with E-state index in [2.05, 4.69) is 87.7 Å². The standard InChI is InChI=1S/C40H24N6/c1-3-11-25(12-4-1)38-42-39(26-13-5-2-6-14-26)44-40(43-38)27-21-22-29-30-16-9-18-32-36(30)45(24-41-32)34-20-10-17-31-28-15-7-8-19-33(28)46(37(31)34)35(29)23-27/h1-24H. The maximum Gasteiger partial charge on any atom is 0.164 e. The van der Waals surface area contributed by atoms with Gasteiger partial charge in [0.15, 0.2) is 17.5 Å². The van der Waals surface area contributed by atoms with Crippen LogP contribution in [0.1, 0.15) is 0 Å². The molecule has 0 spiro atoms. The van der Waals surface area contributed by atoms with E-state index in [0.717, 1.165) is 60.6 Å². The first-order valence-corrected chi connectivity index (χ1v) is 15.3. The number of fused-ring (bicyclic) bond motifs is 7. The second-order valence-electron chi connectivity index (χ2n) is 11.6. The van der Waals surface area contributed by atoms with Crippen molar-refractivity contribution in [2.75, 3.05) is 0 Å². The fourth-order valence-corrected chi connectivity index (χ4v) is 6.93. The van der Waals surface area contributed by atoms with E-state index in [-0.39, 0.29) is 0 Å². The van der Waals surface area contributed by atoms with Gasteiger partial charge in [-0.15, -0.1) is 0 Å². The van der Waals surface area contributed by atoms with E-state index in [1.807, 2.05) is 67.0 Å². The molecular weight excluding hydrogens is 564 g/mol. The van der Waals surface area contributed by atoms with Gasteiger partial charge in [0.1, 0.15) is 6.33 Å². The third-order valence-electron chi connectivity index (χ3n) is 8.99. The summed E-state index contributed by atoms with van der Waals surface area (Å²) in [6, 6.07) is 48.3. The van der Waals surface area contributed by atoms with Crippen LogP contribution >= 0.6 is 0 Å². The van der Waals surface area contributed by atoms with Gasteiger partial charge in [-0.2, -0.15) is 0 Å². The molecule has 0 aliphatic heterocycles. The number of hydrogen-bond acceptors (Lipinski definition) is 4. The van der Waals surface area contributed by atoms with E-state index in [1.54, 1.807) is 0 Å². The van der Waals surface area contributed by atoms with Gasteiger partial charge in [0.25, 0.3) is 0 Å². The van der Waals surface area contributed by atoms with Crippen LogP contribution < -0.4 is 0 Å². The van der Waals surface area contributed by atoms with Crippen molar-refractivity contribution in [3.05, 3.63) is 146 Å². The summed E-state index contributed by atoms with van der Waals surface area (Å²) in [7, 11) is 0. The summed E-state index contributed by atoms with van der Waals surface area (Å²) >= 11 is 0. The van der Waals surface area contributed by atoms with Crippen LogP contribution in [0.25, 0.3) is 88.8 Å². The highest BCUT2D eigenvalue weighted by Gasteiger charge is 2.18. The van der Waals surface area contributed by atoms with E-state index in [1.165, 1.54) is 10.8 Å². The SMILES string of the molecule is c1ccc(-c2nc(-c3ccccc3)nc(-c3ccc4c5cccc6ncn(c7cccc8c9ccccc9n(c4c3)c87)c65)n2)cc1. The van der Waals surface area contributed by atoms with Gasteiger partial charge in [0.05, 0.1) is 33.1 Å². The number of benzene rings is 6. The molecule has 0 fully saturated rings. The Bertz CT molecular complexity index is 2740. The smallest absolute Gasteiger partial charge is 0.164 e. The Kier molecular flexibility index (Phi) is 5.19. The summed E-state index contributed by atoms with van der Waals surface area (Å²) < 4.78 is 4.64. The minimum Gasteiger partial charge on any atom is -0.307 e. The number of aromatic nitrogens is 6. The van der Waals surface area contributed by atoms with Gasteiger partial charge in [-0.25, -0.2) is 19.9 Å². The predicted molar refractivity (Wildman–Crippen MR) is 186 cm³/mol. The largest absolute Gasteiger partial charge is 0.307 e. The van der Waals surface area contributed by atoms with Gasteiger partial charge in [-0.05, 0) is 24.3 Å². The Balaban J connectivity index is 1.38. The maximum atomic E-state index is 5.05. The molecule has 0 bridgehead atoms. The first-order chi connectivity index (χ1) is 22.8. The van der Waals surface area contributed by atoms with Gasteiger partial charge in [0, 0.05) is 38.2 Å². The van der Waals surface area contributed by atoms with Crippen molar-refractivity contribution in [2.24, 2.45) is 0 Å². The van der Waals surface area contributed by atoms with Gasteiger partial charge in [-0.3, -0.25) is 4.40 Å². The normalized spacial score (nSPS) is 11.9. The molecule has 0 atom stereocenters. The molecule has 214 valence electrons. The summed E-state index contributed by atoms with van der Waals surface area (Å²) in [6.45, 7) is 0. The van der Waals surface area contributed by atoms with Gasteiger partial charge in [-0.1, -0.05) is 115 Å². The average molecular weight is 589 g/mol. The molecule has 0 aliphatic carbocycles. The van der Waals surface area contributed by atoms with Gasteiger partial charge in [0.2, 0.25) is 0 Å². The molecule has 4 heterocycles. The number of nitrogens with zero attached hydrogens (tertiary/aromatic N) is 6. The van der Waals surface area contributed by atoms with Crippen LogP contribution in [-0.2, 0) is 0 Å². The number of imidazole rings is 1. The number of rotatable bonds is 3. The zero-order valence-electron chi connectivity index (χ0n) is 24.5. The Hall–Kier alpha value is -6.40. The summed E-state index contributed by atoms with van der Waals surface area (Å²) in [6.07, 6.45) is 1.95. The minimum absolute atomic E-state index is 0.627. The van der Waals surface area contributed by atoms with Crippen molar-refractivity contribution in [1.29, 1.82) is 0 Å². The van der Waals surface area contributed by atoms with Crippen LogP contribution in [0.15, 0.2) is 146 Å². The molecule has 0 saturated carbocycles. The molecule has 0 N–H and O–H groups in total. The molecule has 46 heavy (non-hydrogen) atoms. The molecule has 0 amide bonds.